The van der Waals surface area contributed by atoms with Crippen LogP contribution in [0.2, 0.25) is 10.0 Å². The van der Waals surface area contributed by atoms with Crippen LogP contribution < -0.4 is 15.4 Å². The first-order valence-corrected chi connectivity index (χ1v) is 8.31. The molecule has 0 saturated heterocycles. The van der Waals surface area contributed by atoms with Gasteiger partial charge in [-0.2, -0.15) is 13.8 Å². The molecular formula is C15H18Cl2F2IN5O2. The summed E-state index contributed by atoms with van der Waals surface area (Å²) in [4.78, 5) is 8.14. The van der Waals surface area contributed by atoms with E-state index in [2.05, 4.69) is 30.5 Å². The van der Waals surface area contributed by atoms with Crippen LogP contribution in [-0.4, -0.2) is 36.3 Å². The second-order valence-corrected chi connectivity index (χ2v) is 5.94. The summed E-state index contributed by atoms with van der Waals surface area (Å²) >= 11 is 11.9. The summed E-state index contributed by atoms with van der Waals surface area (Å²) in [6.07, 6.45) is 0.504. The molecule has 0 bridgehead atoms. The smallest absolute Gasteiger partial charge is 0.387 e. The van der Waals surface area contributed by atoms with Gasteiger partial charge in [-0.15, -0.1) is 24.0 Å². The molecule has 0 unspecified atom stereocenters. The van der Waals surface area contributed by atoms with Crippen molar-refractivity contribution in [1.82, 2.24) is 20.8 Å². The number of ether oxygens (including phenoxy) is 1. The average Bonchev–Trinajstić information content (AvgIpc) is 2.98. The van der Waals surface area contributed by atoms with Crippen molar-refractivity contribution in [1.29, 1.82) is 0 Å². The number of hydrogen-bond acceptors (Lipinski definition) is 5. The van der Waals surface area contributed by atoms with Crippen molar-refractivity contribution in [3.8, 4) is 5.75 Å². The van der Waals surface area contributed by atoms with Crippen molar-refractivity contribution in [3.05, 3.63) is 39.5 Å². The largest absolute Gasteiger partial charge is 0.433 e. The van der Waals surface area contributed by atoms with E-state index in [1.165, 1.54) is 12.1 Å². The summed E-state index contributed by atoms with van der Waals surface area (Å²) in [5, 5.41) is 10.0. The van der Waals surface area contributed by atoms with Gasteiger partial charge >= 0.3 is 6.61 Å². The lowest BCUT2D eigenvalue weighted by molar-refractivity contribution is -0.0504. The molecule has 0 saturated carbocycles. The van der Waals surface area contributed by atoms with Gasteiger partial charge in [-0.3, -0.25) is 4.99 Å². The number of benzene rings is 1. The Morgan fingerprint density at radius 1 is 1.33 bits per heavy atom. The number of aromatic nitrogens is 2. The maximum Gasteiger partial charge on any atom is 0.387 e. The van der Waals surface area contributed by atoms with E-state index in [9.17, 15) is 8.78 Å². The molecule has 0 aliphatic rings. The Bertz CT molecular complexity index is 777. The van der Waals surface area contributed by atoms with Crippen LogP contribution in [0.25, 0.3) is 0 Å². The molecule has 1 aromatic carbocycles. The zero-order chi connectivity index (χ0) is 19.1. The van der Waals surface area contributed by atoms with Crippen molar-refractivity contribution < 1.29 is 18.0 Å². The second kappa shape index (κ2) is 11.4. The van der Waals surface area contributed by atoms with Gasteiger partial charge in [0.1, 0.15) is 5.75 Å². The normalized spacial score (nSPS) is 11.3. The molecule has 0 aliphatic carbocycles. The molecule has 27 heavy (non-hydrogen) atoms. The number of alkyl halides is 2. The minimum atomic E-state index is -3.00. The van der Waals surface area contributed by atoms with Gasteiger partial charge in [0.2, 0.25) is 5.89 Å². The van der Waals surface area contributed by atoms with Gasteiger partial charge in [-0.1, -0.05) is 28.4 Å². The Hall–Kier alpha value is -1.40. The fourth-order valence-corrected chi connectivity index (χ4v) is 2.68. The molecule has 2 aromatic rings. The molecule has 1 aromatic heterocycles. The van der Waals surface area contributed by atoms with E-state index in [0.717, 1.165) is 0 Å². The third-order valence-electron chi connectivity index (χ3n) is 3.16. The molecule has 1 heterocycles. The average molecular weight is 536 g/mol. The second-order valence-electron chi connectivity index (χ2n) is 5.09. The number of nitrogens with zero attached hydrogens (tertiary/aromatic N) is 3. The number of guanidine groups is 1. The summed E-state index contributed by atoms with van der Waals surface area (Å²) in [6.45, 7) is -0.654. The van der Waals surface area contributed by atoms with E-state index < -0.39 is 6.61 Å². The number of nitrogens with one attached hydrogen (secondary N) is 2. The van der Waals surface area contributed by atoms with E-state index in [-0.39, 0.29) is 41.3 Å². The van der Waals surface area contributed by atoms with Gasteiger partial charge in [-0.05, 0) is 19.1 Å². The van der Waals surface area contributed by atoms with Crippen molar-refractivity contribution in [2.24, 2.45) is 4.99 Å². The van der Waals surface area contributed by atoms with Crippen LogP contribution in [0.15, 0.2) is 21.6 Å². The summed E-state index contributed by atoms with van der Waals surface area (Å²) < 4.78 is 34.7. The molecule has 12 heteroatoms. The Morgan fingerprint density at radius 2 is 2.07 bits per heavy atom. The minimum Gasteiger partial charge on any atom is -0.433 e. The molecule has 7 nitrogen and oxygen atoms in total. The first kappa shape index (κ1) is 23.6. The van der Waals surface area contributed by atoms with Gasteiger partial charge in [0.05, 0.1) is 5.02 Å². The highest BCUT2D eigenvalue weighted by atomic mass is 127. The quantitative estimate of drug-likeness (QED) is 0.318. The van der Waals surface area contributed by atoms with E-state index in [1.54, 1.807) is 14.0 Å². The van der Waals surface area contributed by atoms with Gasteiger partial charge in [0, 0.05) is 37.1 Å². The maximum absolute atomic E-state index is 12.6. The van der Waals surface area contributed by atoms with Gasteiger partial charge < -0.3 is 19.9 Å². The molecular weight excluding hydrogens is 518 g/mol. The van der Waals surface area contributed by atoms with Crippen molar-refractivity contribution in [3.63, 3.8) is 0 Å². The molecule has 0 aliphatic heterocycles. The highest BCUT2D eigenvalue weighted by molar-refractivity contribution is 14.0. The van der Waals surface area contributed by atoms with Gasteiger partial charge in [0.15, 0.2) is 11.8 Å². The van der Waals surface area contributed by atoms with Crippen LogP contribution in [0.1, 0.15) is 17.3 Å². The first-order valence-electron chi connectivity index (χ1n) is 7.55. The molecule has 0 spiro atoms. The monoisotopic (exact) mass is 535 g/mol. The van der Waals surface area contributed by atoms with Crippen LogP contribution in [0.4, 0.5) is 8.78 Å². The van der Waals surface area contributed by atoms with Gasteiger partial charge in [-0.25, -0.2) is 0 Å². The van der Waals surface area contributed by atoms with E-state index in [0.29, 0.717) is 41.2 Å². The molecule has 0 amide bonds. The Morgan fingerprint density at radius 3 is 2.67 bits per heavy atom. The van der Waals surface area contributed by atoms with Crippen molar-refractivity contribution >= 4 is 53.1 Å². The highest BCUT2D eigenvalue weighted by Gasteiger charge is 2.15. The van der Waals surface area contributed by atoms with Crippen LogP contribution in [-0.2, 0) is 13.0 Å². The van der Waals surface area contributed by atoms with Crippen LogP contribution in [0.3, 0.4) is 0 Å². The SMILES string of the molecule is CN=C(NCCc1nc(C)no1)NCc1cc(Cl)cc(Cl)c1OC(F)F.I. The maximum atomic E-state index is 12.6. The summed E-state index contributed by atoms with van der Waals surface area (Å²) in [5.41, 5.74) is 0.373. The molecule has 2 N–H and O–H groups in total. The number of halogens is 5. The highest BCUT2D eigenvalue weighted by Crippen LogP contribution is 2.33. The number of aliphatic imine (C=N–C) groups is 1. The Labute approximate surface area is 181 Å². The third-order valence-corrected chi connectivity index (χ3v) is 3.66. The van der Waals surface area contributed by atoms with Crippen molar-refractivity contribution in [2.75, 3.05) is 13.6 Å². The summed E-state index contributed by atoms with van der Waals surface area (Å²) in [6, 6.07) is 2.83. The molecule has 2 rings (SSSR count). The third kappa shape index (κ3) is 7.62. The molecule has 150 valence electrons. The van der Waals surface area contributed by atoms with Gasteiger partial charge in [0.25, 0.3) is 0 Å². The Kier molecular flexibility index (Phi) is 10.0. The number of hydrogen-bond donors (Lipinski definition) is 2. The fraction of sp³-hybridized carbons (Fsp3) is 0.400. The lowest BCUT2D eigenvalue weighted by Gasteiger charge is -2.15. The van der Waals surface area contributed by atoms with E-state index >= 15 is 0 Å². The topological polar surface area (TPSA) is 84.6 Å². The lowest BCUT2D eigenvalue weighted by atomic mass is 10.2. The molecule has 0 atom stereocenters. The minimum absolute atomic E-state index is 0. The predicted molar refractivity (Wildman–Crippen MR) is 109 cm³/mol. The first-order chi connectivity index (χ1) is 12.4. The Balaban J connectivity index is 0.00000364. The van der Waals surface area contributed by atoms with Crippen LogP contribution >= 0.6 is 47.2 Å². The zero-order valence-electron chi connectivity index (χ0n) is 14.4. The summed E-state index contributed by atoms with van der Waals surface area (Å²) in [7, 11) is 1.58. The van der Waals surface area contributed by atoms with Crippen LogP contribution in [0, 0.1) is 6.92 Å². The molecule has 0 radical (unpaired) electrons. The lowest BCUT2D eigenvalue weighted by Crippen LogP contribution is -2.38. The van der Waals surface area contributed by atoms with E-state index in [1.807, 2.05) is 0 Å². The molecule has 0 fully saturated rings. The number of aryl methyl sites for hydroxylation is 1. The van der Waals surface area contributed by atoms with Crippen molar-refractivity contribution in [2.45, 2.75) is 26.5 Å². The predicted octanol–water partition coefficient (Wildman–Crippen LogP) is 3.81. The zero-order valence-corrected chi connectivity index (χ0v) is 18.3. The number of rotatable bonds is 7. The standard InChI is InChI=1S/C15H17Cl2F2N5O2.HI/c1-8-23-12(26-24-8)3-4-21-15(20-2)22-7-9-5-10(16)6-11(17)13(9)25-14(18)19;/h5-6,14H,3-4,7H2,1-2H3,(H2,20,21,22);1H. The van der Waals surface area contributed by atoms with E-state index in [4.69, 9.17) is 27.7 Å². The summed E-state index contributed by atoms with van der Waals surface area (Å²) in [5.74, 6) is 1.38. The fourth-order valence-electron chi connectivity index (χ4n) is 2.10. The van der Waals surface area contributed by atoms with Crippen LogP contribution in [0.5, 0.6) is 5.75 Å².